The summed E-state index contributed by atoms with van der Waals surface area (Å²) in [4.78, 5) is 13.8. The molecule has 5 heteroatoms. The van der Waals surface area contributed by atoms with Crippen LogP contribution < -0.4 is 15.4 Å². The van der Waals surface area contributed by atoms with Gasteiger partial charge in [0.05, 0.1) is 12.2 Å². The third-order valence-electron chi connectivity index (χ3n) is 4.91. The normalized spacial score (nSPS) is 18.2. The molecule has 1 amide bonds. The summed E-state index contributed by atoms with van der Waals surface area (Å²) in [6, 6.07) is 12.8. The molecule has 2 aliphatic heterocycles. The SMILES string of the molecule is CSc1cc2c(c(C(=O)NC[C@H]3Cc4ccccc4CN3)c1)OCC2. The van der Waals surface area contributed by atoms with E-state index in [1.165, 1.54) is 11.1 Å². The summed E-state index contributed by atoms with van der Waals surface area (Å²) < 4.78 is 5.70. The van der Waals surface area contributed by atoms with Crippen LogP contribution in [0.1, 0.15) is 27.0 Å². The molecule has 4 nitrogen and oxygen atoms in total. The summed E-state index contributed by atoms with van der Waals surface area (Å²) in [5.41, 5.74) is 4.52. The van der Waals surface area contributed by atoms with E-state index in [0.717, 1.165) is 35.6 Å². The van der Waals surface area contributed by atoms with Crippen molar-refractivity contribution in [3.05, 3.63) is 58.7 Å². The van der Waals surface area contributed by atoms with Crippen LogP contribution in [0, 0.1) is 0 Å². The Hall–Kier alpha value is -1.98. The zero-order chi connectivity index (χ0) is 17.2. The molecule has 0 aliphatic carbocycles. The number of carbonyl (C=O) groups excluding carboxylic acids is 1. The maximum atomic E-state index is 12.7. The molecule has 0 bridgehead atoms. The summed E-state index contributed by atoms with van der Waals surface area (Å²) in [6.45, 7) is 2.14. The lowest BCUT2D eigenvalue weighted by Gasteiger charge is -2.26. The molecule has 130 valence electrons. The Balaban J connectivity index is 1.44. The van der Waals surface area contributed by atoms with Crippen molar-refractivity contribution in [3.63, 3.8) is 0 Å². The minimum Gasteiger partial charge on any atom is -0.492 e. The van der Waals surface area contributed by atoms with Crippen LogP contribution in [-0.2, 0) is 19.4 Å². The Morgan fingerprint density at radius 1 is 1.28 bits per heavy atom. The molecule has 0 spiro atoms. The fourth-order valence-electron chi connectivity index (χ4n) is 3.54. The molecule has 2 heterocycles. The number of ether oxygens (including phenoxy) is 1. The number of amides is 1. The number of carbonyl (C=O) groups is 1. The number of nitrogens with one attached hydrogen (secondary N) is 2. The van der Waals surface area contributed by atoms with E-state index in [-0.39, 0.29) is 11.9 Å². The zero-order valence-corrected chi connectivity index (χ0v) is 15.1. The Labute approximate surface area is 152 Å². The smallest absolute Gasteiger partial charge is 0.255 e. The van der Waals surface area contributed by atoms with Crippen molar-refractivity contribution in [2.45, 2.75) is 30.3 Å². The van der Waals surface area contributed by atoms with Crippen LogP contribution in [0.25, 0.3) is 0 Å². The summed E-state index contributed by atoms with van der Waals surface area (Å²) in [7, 11) is 0. The van der Waals surface area contributed by atoms with Crippen LogP contribution in [0.5, 0.6) is 5.75 Å². The summed E-state index contributed by atoms with van der Waals surface area (Å²) in [5, 5.41) is 6.60. The van der Waals surface area contributed by atoms with Gasteiger partial charge in [-0.1, -0.05) is 24.3 Å². The fourth-order valence-corrected chi connectivity index (χ4v) is 4.04. The van der Waals surface area contributed by atoms with Gasteiger partial charge in [-0.15, -0.1) is 11.8 Å². The lowest BCUT2D eigenvalue weighted by Crippen LogP contribution is -2.44. The molecule has 25 heavy (non-hydrogen) atoms. The number of thioether (sulfide) groups is 1. The predicted octanol–water partition coefficient (Wildman–Crippen LogP) is 2.79. The predicted molar refractivity (Wildman–Crippen MR) is 101 cm³/mol. The van der Waals surface area contributed by atoms with E-state index in [0.29, 0.717) is 18.7 Å². The van der Waals surface area contributed by atoms with E-state index >= 15 is 0 Å². The highest BCUT2D eigenvalue weighted by Gasteiger charge is 2.23. The summed E-state index contributed by atoms with van der Waals surface area (Å²) in [6.07, 6.45) is 3.85. The molecule has 2 N–H and O–H groups in total. The molecule has 4 rings (SSSR count). The number of hydrogen-bond acceptors (Lipinski definition) is 4. The van der Waals surface area contributed by atoms with Gasteiger partial charge < -0.3 is 15.4 Å². The third kappa shape index (κ3) is 3.39. The maximum Gasteiger partial charge on any atom is 0.255 e. The van der Waals surface area contributed by atoms with Crippen LogP contribution >= 0.6 is 11.8 Å². The van der Waals surface area contributed by atoms with E-state index in [1.54, 1.807) is 11.8 Å². The number of rotatable bonds is 4. The second-order valence-electron chi connectivity index (χ2n) is 6.52. The van der Waals surface area contributed by atoms with Gasteiger partial charge >= 0.3 is 0 Å². The first-order valence-corrected chi connectivity index (χ1v) is 9.89. The second-order valence-corrected chi connectivity index (χ2v) is 7.40. The lowest BCUT2D eigenvalue weighted by molar-refractivity contribution is 0.0945. The van der Waals surface area contributed by atoms with Crippen molar-refractivity contribution >= 4 is 17.7 Å². The van der Waals surface area contributed by atoms with Gasteiger partial charge in [-0.2, -0.15) is 0 Å². The Bertz CT molecular complexity index is 806. The van der Waals surface area contributed by atoms with Gasteiger partial charge in [0.25, 0.3) is 5.91 Å². The van der Waals surface area contributed by atoms with Gasteiger partial charge in [0.1, 0.15) is 5.75 Å². The number of hydrogen-bond donors (Lipinski definition) is 2. The van der Waals surface area contributed by atoms with Crippen molar-refractivity contribution < 1.29 is 9.53 Å². The highest BCUT2D eigenvalue weighted by molar-refractivity contribution is 7.98. The van der Waals surface area contributed by atoms with Crippen LogP contribution in [0.2, 0.25) is 0 Å². The molecule has 0 fully saturated rings. The topological polar surface area (TPSA) is 50.4 Å². The van der Waals surface area contributed by atoms with E-state index in [1.807, 2.05) is 12.3 Å². The maximum absolute atomic E-state index is 12.7. The zero-order valence-electron chi connectivity index (χ0n) is 14.3. The molecule has 0 saturated carbocycles. The quantitative estimate of drug-likeness (QED) is 0.829. The molecule has 0 aromatic heterocycles. The number of benzene rings is 2. The first kappa shape index (κ1) is 16.5. The molecular weight excluding hydrogens is 332 g/mol. The van der Waals surface area contributed by atoms with Gasteiger partial charge in [0.2, 0.25) is 0 Å². The highest BCUT2D eigenvalue weighted by Crippen LogP contribution is 2.33. The minimum absolute atomic E-state index is 0.0466. The monoisotopic (exact) mass is 354 g/mol. The van der Waals surface area contributed by atoms with E-state index < -0.39 is 0 Å². The van der Waals surface area contributed by atoms with Gasteiger partial charge in [0.15, 0.2) is 0 Å². The van der Waals surface area contributed by atoms with Crippen LogP contribution in [0.3, 0.4) is 0 Å². The van der Waals surface area contributed by atoms with Gasteiger partial charge in [-0.05, 0) is 41.5 Å². The van der Waals surface area contributed by atoms with Crippen molar-refractivity contribution in [2.24, 2.45) is 0 Å². The van der Waals surface area contributed by atoms with Gasteiger partial charge in [-0.25, -0.2) is 0 Å². The molecule has 0 unspecified atom stereocenters. The van der Waals surface area contributed by atoms with E-state index in [2.05, 4.69) is 41.0 Å². The lowest BCUT2D eigenvalue weighted by atomic mass is 9.96. The number of fused-ring (bicyclic) bond motifs is 2. The van der Waals surface area contributed by atoms with Gasteiger partial charge in [0, 0.05) is 30.4 Å². The average Bonchev–Trinajstić information content (AvgIpc) is 3.13. The van der Waals surface area contributed by atoms with Gasteiger partial charge in [-0.3, -0.25) is 4.79 Å². The molecule has 0 saturated heterocycles. The molecular formula is C20H22N2O2S. The van der Waals surface area contributed by atoms with Crippen LogP contribution in [0.4, 0.5) is 0 Å². The van der Waals surface area contributed by atoms with Crippen molar-refractivity contribution in [1.29, 1.82) is 0 Å². The van der Waals surface area contributed by atoms with Crippen molar-refractivity contribution in [3.8, 4) is 5.75 Å². The summed E-state index contributed by atoms with van der Waals surface area (Å²) >= 11 is 1.66. The van der Waals surface area contributed by atoms with Crippen LogP contribution in [-0.4, -0.2) is 31.4 Å². The van der Waals surface area contributed by atoms with Crippen LogP contribution in [0.15, 0.2) is 41.3 Å². The Morgan fingerprint density at radius 3 is 2.96 bits per heavy atom. The second kappa shape index (κ2) is 7.10. The molecule has 1 atom stereocenters. The first-order chi connectivity index (χ1) is 12.2. The van der Waals surface area contributed by atoms with Crippen molar-refractivity contribution in [2.75, 3.05) is 19.4 Å². The molecule has 2 aromatic carbocycles. The standard InChI is InChI=1S/C20H22N2O2S/c1-25-17-9-14-6-7-24-19(14)18(10-17)20(23)22-12-16-8-13-4-2-3-5-15(13)11-21-16/h2-5,9-10,16,21H,6-8,11-12H2,1H3,(H,22,23)/t16-/m1/s1. The Kier molecular flexibility index (Phi) is 4.68. The molecule has 2 aliphatic rings. The Morgan fingerprint density at radius 2 is 2.12 bits per heavy atom. The first-order valence-electron chi connectivity index (χ1n) is 8.66. The average molecular weight is 354 g/mol. The fraction of sp³-hybridized carbons (Fsp3) is 0.350. The molecule has 2 aromatic rings. The van der Waals surface area contributed by atoms with Crippen molar-refractivity contribution in [1.82, 2.24) is 10.6 Å². The largest absolute Gasteiger partial charge is 0.492 e. The highest BCUT2D eigenvalue weighted by atomic mass is 32.2. The van der Waals surface area contributed by atoms with E-state index in [9.17, 15) is 4.79 Å². The molecule has 0 radical (unpaired) electrons. The van der Waals surface area contributed by atoms with E-state index in [4.69, 9.17) is 4.74 Å². The third-order valence-corrected chi connectivity index (χ3v) is 5.62. The minimum atomic E-state index is -0.0466. The summed E-state index contributed by atoms with van der Waals surface area (Å²) in [5.74, 6) is 0.715.